The smallest absolute Gasteiger partial charge is 0.277 e. The molecule has 30 heavy (non-hydrogen) atoms. The van der Waals surface area contributed by atoms with Crippen LogP contribution in [0.25, 0.3) is 6.08 Å². The number of hydrogen-bond donors (Lipinski definition) is 3. The zero-order valence-corrected chi connectivity index (χ0v) is 17.7. The van der Waals surface area contributed by atoms with Crippen molar-refractivity contribution in [1.82, 2.24) is 25.1 Å². The molecule has 1 unspecified atom stereocenters. The summed E-state index contributed by atoms with van der Waals surface area (Å²) in [6.07, 6.45) is 9.24. The van der Waals surface area contributed by atoms with Gasteiger partial charge in [0.15, 0.2) is 5.82 Å². The van der Waals surface area contributed by atoms with Gasteiger partial charge in [-0.05, 0) is 37.8 Å². The fourth-order valence-electron chi connectivity index (χ4n) is 3.65. The predicted octanol–water partition coefficient (Wildman–Crippen LogP) is 1.84. The molecule has 9 nitrogen and oxygen atoms in total. The molecule has 2 aromatic heterocycles. The minimum atomic E-state index is -0.546. The summed E-state index contributed by atoms with van der Waals surface area (Å²) in [7, 11) is 1.67. The lowest BCUT2D eigenvalue weighted by molar-refractivity contribution is -0.124. The van der Waals surface area contributed by atoms with Crippen molar-refractivity contribution in [3.8, 4) is 0 Å². The SMILES string of the molecule is CCCC/C(=C\c1c(C)cnnc1N)CNC(=O)C1CCc2ncc(NC)c(=O)n21. The van der Waals surface area contributed by atoms with Crippen LogP contribution in [-0.2, 0) is 11.2 Å². The van der Waals surface area contributed by atoms with Crippen molar-refractivity contribution in [3.63, 3.8) is 0 Å². The number of nitrogen functional groups attached to an aromatic ring is 1. The Kier molecular flexibility index (Phi) is 6.81. The van der Waals surface area contributed by atoms with E-state index in [9.17, 15) is 9.59 Å². The number of anilines is 2. The first kappa shape index (κ1) is 21.5. The summed E-state index contributed by atoms with van der Waals surface area (Å²) in [5.41, 5.74) is 8.99. The van der Waals surface area contributed by atoms with Crippen molar-refractivity contribution in [2.45, 2.75) is 52.0 Å². The van der Waals surface area contributed by atoms with Gasteiger partial charge >= 0.3 is 0 Å². The van der Waals surface area contributed by atoms with E-state index in [1.165, 1.54) is 10.8 Å². The van der Waals surface area contributed by atoms with Crippen LogP contribution >= 0.6 is 0 Å². The molecule has 1 aliphatic heterocycles. The maximum absolute atomic E-state index is 12.9. The van der Waals surface area contributed by atoms with E-state index >= 15 is 0 Å². The number of carbonyl (C=O) groups is 1. The molecule has 0 saturated carbocycles. The number of aryl methyl sites for hydroxylation is 2. The molecule has 9 heteroatoms. The largest absolute Gasteiger partial charge is 0.382 e. The lowest BCUT2D eigenvalue weighted by Crippen LogP contribution is -2.37. The highest BCUT2D eigenvalue weighted by molar-refractivity contribution is 5.81. The van der Waals surface area contributed by atoms with Gasteiger partial charge in [0.05, 0.1) is 12.4 Å². The minimum absolute atomic E-state index is 0.175. The van der Waals surface area contributed by atoms with Crippen molar-refractivity contribution in [2.75, 3.05) is 24.6 Å². The Morgan fingerprint density at radius 1 is 1.40 bits per heavy atom. The standard InChI is InChI=1S/C21H29N7O2/c1-4-5-6-14(9-15-13(2)10-26-27-19(15)22)11-25-20(29)17-7-8-18-24-12-16(23-3)21(30)28(17)18/h9-10,12,17,23H,4-8,11H2,1-3H3,(H2,22,27)(H,25,29)/b14-9+. The third-order valence-electron chi connectivity index (χ3n) is 5.40. The van der Waals surface area contributed by atoms with Gasteiger partial charge in [-0.15, -0.1) is 5.10 Å². The molecule has 4 N–H and O–H groups in total. The molecule has 2 aromatic rings. The van der Waals surface area contributed by atoms with E-state index in [4.69, 9.17) is 5.73 Å². The van der Waals surface area contributed by atoms with Gasteiger partial charge in [-0.1, -0.05) is 18.9 Å². The molecule has 1 atom stereocenters. The molecule has 160 valence electrons. The van der Waals surface area contributed by atoms with E-state index in [1.807, 2.05) is 13.0 Å². The number of aromatic nitrogens is 4. The van der Waals surface area contributed by atoms with Crippen molar-refractivity contribution in [1.29, 1.82) is 0 Å². The molecule has 0 spiro atoms. The molecule has 1 amide bonds. The van der Waals surface area contributed by atoms with Crippen LogP contribution in [0.1, 0.15) is 55.6 Å². The van der Waals surface area contributed by atoms with Gasteiger partial charge in [0.1, 0.15) is 17.6 Å². The summed E-state index contributed by atoms with van der Waals surface area (Å²) in [5, 5.41) is 13.6. The molecule has 0 bridgehead atoms. The first-order valence-corrected chi connectivity index (χ1v) is 10.3. The fraction of sp³-hybridized carbons (Fsp3) is 0.476. The van der Waals surface area contributed by atoms with Crippen molar-refractivity contribution < 1.29 is 4.79 Å². The normalized spacial score (nSPS) is 15.7. The molecule has 0 aliphatic carbocycles. The quantitative estimate of drug-likeness (QED) is 0.605. The summed E-state index contributed by atoms with van der Waals surface area (Å²) >= 11 is 0. The third-order valence-corrected chi connectivity index (χ3v) is 5.40. The van der Waals surface area contributed by atoms with E-state index in [0.29, 0.717) is 36.7 Å². The Labute approximate surface area is 175 Å². The van der Waals surface area contributed by atoms with Crippen LogP contribution in [-0.4, -0.2) is 39.2 Å². The molecule has 3 rings (SSSR count). The molecule has 0 radical (unpaired) electrons. The number of nitrogens with one attached hydrogen (secondary N) is 2. The van der Waals surface area contributed by atoms with E-state index in [0.717, 1.165) is 36.0 Å². The number of fused-ring (bicyclic) bond motifs is 1. The Morgan fingerprint density at radius 2 is 2.20 bits per heavy atom. The molecule has 0 fully saturated rings. The van der Waals surface area contributed by atoms with Crippen LogP contribution in [0.5, 0.6) is 0 Å². The van der Waals surface area contributed by atoms with E-state index in [1.54, 1.807) is 13.2 Å². The van der Waals surface area contributed by atoms with E-state index < -0.39 is 6.04 Å². The van der Waals surface area contributed by atoms with Crippen LogP contribution < -0.4 is 21.9 Å². The van der Waals surface area contributed by atoms with E-state index in [-0.39, 0.29) is 11.5 Å². The molecule has 3 heterocycles. The van der Waals surface area contributed by atoms with Gasteiger partial charge in [0.2, 0.25) is 5.91 Å². The molecule has 0 saturated heterocycles. The monoisotopic (exact) mass is 411 g/mol. The van der Waals surface area contributed by atoms with Gasteiger partial charge in [-0.3, -0.25) is 14.2 Å². The number of unbranched alkanes of at least 4 members (excludes halogenated alkanes) is 1. The highest BCUT2D eigenvalue weighted by atomic mass is 16.2. The van der Waals surface area contributed by atoms with Crippen LogP contribution in [0.4, 0.5) is 11.5 Å². The molecule has 1 aliphatic rings. The second-order valence-corrected chi connectivity index (χ2v) is 7.52. The fourth-order valence-corrected chi connectivity index (χ4v) is 3.65. The number of carbonyl (C=O) groups excluding carboxylic acids is 1. The lowest BCUT2D eigenvalue weighted by Gasteiger charge is -2.16. The van der Waals surface area contributed by atoms with Crippen molar-refractivity contribution in [3.05, 3.63) is 45.3 Å². The van der Waals surface area contributed by atoms with Gasteiger partial charge in [0.25, 0.3) is 5.56 Å². The number of amides is 1. The highest BCUT2D eigenvalue weighted by Gasteiger charge is 2.30. The summed E-state index contributed by atoms with van der Waals surface area (Å²) in [6, 6.07) is -0.546. The molecular formula is C21H29N7O2. The average molecular weight is 412 g/mol. The maximum Gasteiger partial charge on any atom is 0.277 e. The molecular weight excluding hydrogens is 382 g/mol. The van der Waals surface area contributed by atoms with E-state index in [2.05, 4.69) is 32.7 Å². The Bertz CT molecular complexity index is 993. The lowest BCUT2D eigenvalue weighted by atomic mass is 10.0. The van der Waals surface area contributed by atoms with Gasteiger partial charge < -0.3 is 16.4 Å². The highest BCUT2D eigenvalue weighted by Crippen LogP contribution is 2.24. The van der Waals surface area contributed by atoms with Gasteiger partial charge in [0, 0.05) is 25.6 Å². The predicted molar refractivity (Wildman–Crippen MR) is 117 cm³/mol. The number of nitrogens with zero attached hydrogens (tertiary/aromatic N) is 4. The van der Waals surface area contributed by atoms with Gasteiger partial charge in [-0.25, -0.2) is 4.98 Å². The maximum atomic E-state index is 12.9. The first-order valence-electron chi connectivity index (χ1n) is 10.3. The summed E-state index contributed by atoms with van der Waals surface area (Å²) in [4.78, 5) is 29.9. The average Bonchev–Trinajstić information content (AvgIpc) is 3.17. The van der Waals surface area contributed by atoms with Gasteiger partial charge in [-0.2, -0.15) is 5.10 Å². The van der Waals surface area contributed by atoms with Crippen molar-refractivity contribution >= 4 is 23.5 Å². The summed E-state index contributed by atoms with van der Waals surface area (Å²) < 4.78 is 1.51. The molecule has 0 aromatic carbocycles. The van der Waals surface area contributed by atoms with Crippen molar-refractivity contribution in [2.24, 2.45) is 0 Å². The second kappa shape index (κ2) is 9.51. The van der Waals surface area contributed by atoms with Crippen LogP contribution in [0.15, 0.2) is 22.8 Å². The summed E-state index contributed by atoms with van der Waals surface area (Å²) in [5.74, 6) is 0.843. The Balaban J connectivity index is 1.78. The zero-order valence-electron chi connectivity index (χ0n) is 17.7. The van der Waals surface area contributed by atoms with Crippen LogP contribution in [0.3, 0.4) is 0 Å². The topological polar surface area (TPSA) is 128 Å². The zero-order chi connectivity index (χ0) is 21.7. The number of hydrogen-bond acceptors (Lipinski definition) is 7. The Morgan fingerprint density at radius 3 is 2.90 bits per heavy atom. The number of rotatable bonds is 8. The third kappa shape index (κ3) is 4.50. The Hall–Kier alpha value is -3.23. The number of nitrogens with two attached hydrogens (primary N) is 1. The van der Waals surface area contributed by atoms with Crippen LogP contribution in [0.2, 0.25) is 0 Å². The minimum Gasteiger partial charge on any atom is -0.382 e. The second-order valence-electron chi connectivity index (χ2n) is 7.52. The first-order chi connectivity index (χ1) is 14.5. The van der Waals surface area contributed by atoms with Crippen LogP contribution in [0, 0.1) is 6.92 Å². The summed E-state index contributed by atoms with van der Waals surface area (Å²) in [6.45, 7) is 4.44.